The highest BCUT2D eigenvalue weighted by atomic mass is 35.5. The van der Waals surface area contributed by atoms with E-state index in [4.69, 9.17) is 27.9 Å². The van der Waals surface area contributed by atoms with E-state index in [9.17, 15) is 14.7 Å². The molecule has 0 bridgehead atoms. The first-order valence-electron chi connectivity index (χ1n) is 7.45. The first-order chi connectivity index (χ1) is 11.8. The van der Waals surface area contributed by atoms with E-state index in [2.05, 4.69) is 0 Å². The largest absolute Gasteiger partial charge is 0.497 e. The Kier molecular flexibility index (Phi) is 4.49. The first-order valence-corrected chi connectivity index (χ1v) is 8.21. The molecule has 5 nitrogen and oxygen atoms in total. The number of ketones is 1. The number of fused-ring (bicyclic) bond motifs is 1. The molecule has 1 atom stereocenters. The van der Waals surface area contributed by atoms with Gasteiger partial charge < -0.3 is 14.7 Å². The fraction of sp³-hybridized carbons (Fsp3) is 0.222. The van der Waals surface area contributed by atoms with Crippen molar-refractivity contribution in [3.63, 3.8) is 0 Å². The highest BCUT2D eigenvalue weighted by molar-refractivity contribution is 6.38. The summed E-state index contributed by atoms with van der Waals surface area (Å²) in [7, 11) is 3.02. The molecule has 0 saturated carbocycles. The Morgan fingerprint density at radius 2 is 1.88 bits per heavy atom. The van der Waals surface area contributed by atoms with Crippen molar-refractivity contribution < 1.29 is 19.4 Å². The van der Waals surface area contributed by atoms with Gasteiger partial charge in [0.1, 0.15) is 5.75 Å². The number of methoxy groups -OCH3 is 1. The topological polar surface area (TPSA) is 66.8 Å². The van der Waals surface area contributed by atoms with Gasteiger partial charge in [0.2, 0.25) is 0 Å². The van der Waals surface area contributed by atoms with Gasteiger partial charge in [-0.15, -0.1) is 0 Å². The quantitative estimate of drug-likeness (QED) is 0.826. The number of anilines is 1. The van der Waals surface area contributed by atoms with E-state index >= 15 is 0 Å². The summed E-state index contributed by atoms with van der Waals surface area (Å²) in [4.78, 5) is 26.5. The number of halogens is 2. The summed E-state index contributed by atoms with van der Waals surface area (Å²) in [6.45, 7) is 0. The molecule has 1 heterocycles. The number of benzene rings is 2. The smallest absolute Gasteiger partial charge is 0.263 e. The van der Waals surface area contributed by atoms with Crippen molar-refractivity contribution >= 4 is 40.6 Å². The van der Waals surface area contributed by atoms with Gasteiger partial charge >= 0.3 is 0 Å². The van der Waals surface area contributed by atoms with E-state index in [1.807, 2.05) is 0 Å². The van der Waals surface area contributed by atoms with E-state index in [-0.39, 0.29) is 21.4 Å². The Labute approximate surface area is 154 Å². The van der Waals surface area contributed by atoms with Gasteiger partial charge in [-0.05, 0) is 36.4 Å². The van der Waals surface area contributed by atoms with E-state index in [0.717, 1.165) is 0 Å². The number of carbonyl (C=O) groups is 2. The second-order valence-corrected chi connectivity index (χ2v) is 6.68. The molecular formula is C18H15Cl2NO4. The minimum atomic E-state index is -2.00. The van der Waals surface area contributed by atoms with Crippen LogP contribution in [0.3, 0.4) is 0 Å². The first kappa shape index (κ1) is 17.7. The average molecular weight is 380 g/mol. The van der Waals surface area contributed by atoms with Crippen molar-refractivity contribution in [3.8, 4) is 5.75 Å². The lowest BCUT2D eigenvalue weighted by atomic mass is 9.88. The summed E-state index contributed by atoms with van der Waals surface area (Å²) in [5.74, 6) is -0.389. The lowest BCUT2D eigenvalue weighted by Crippen LogP contribution is -2.40. The number of carbonyl (C=O) groups excluding carboxylic acids is 2. The third-order valence-electron chi connectivity index (χ3n) is 4.30. The summed E-state index contributed by atoms with van der Waals surface area (Å²) >= 11 is 12.2. The summed E-state index contributed by atoms with van der Waals surface area (Å²) in [6.07, 6.45) is -0.411. The van der Waals surface area contributed by atoms with Crippen LogP contribution in [0.15, 0.2) is 36.4 Å². The number of rotatable bonds is 4. The number of Topliss-reactive ketones (excluding diaryl/α,β-unsaturated/α-hetero) is 1. The van der Waals surface area contributed by atoms with Gasteiger partial charge in [0, 0.05) is 23.2 Å². The van der Waals surface area contributed by atoms with E-state index < -0.39 is 17.9 Å². The normalized spacial score (nSPS) is 19.1. The average Bonchev–Trinajstić information content (AvgIpc) is 2.76. The molecule has 7 heteroatoms. The van der Waals surface area contributed by atoms with Gasteiger partial charge in [-0.2, -0.15) is 0 Å². The molecule has 0 saturated heterocycles. The minimum absolute atomic E-state index is 0.236. The minimum Gasteiger partial charge on any atom is -0.497 e. The van der Waals surface area contributed by atoms with Crippen LogP contribution >= 0.6 is 23.2 Å². The maximum Gasteiger partial charge on any atom is 0.263 e. The number of nitrogens with zero attached hydrogens (tertiary/aromatic N) is 1. The molecule has 0 unspecified atom stereocenters. The third kappa shape index (κ3) is 2.88. The molecular weight excluding hydrogens is 365 g/mol. The summed E-state index contributed by atoms with van der Waals surface area (Å²) in [6, 6.07) is 9.40. The van der Waals surface area contributed by atoms with Crippen molar-refractivity contribution in [1.29, 1.82) is 0 Å². The van der Waals surface area contributed by atoms with Crippen LogP contribution in [0.1, 0.15) is 22.3 Å². The lowest BCUT2D eigenvalue weighted by Gasteiger charge is -2.21. The Morgan fingerprint density at radius 1 is 1.24 bits per heavy atom. The molecule has 0 aromatic heterocycles. The van der Waals surface area contributed by atoms with Crippen molar-refractivity contribution in [3.05, 3.63) is 57.6 Å². The van der Waals surface area contributed by atoms with E-state index in [1.165, 1.54) is 31.2 Å². The number of likely N-dealkylation sites (N-methyl/N-ethyl adjacent to an activating group) is 1. The highest BCUT2D eigenvalue weighted by Gasteiger charge is 2.50. The second kappa shape index (κ2) is 6.33. The molecule has 3 rings (SSSR count). The monoisotopic (exact) mass is 379 g/mol. The van der Waals surface area contributed by atoms with Crippen molar-refractivity contribution in [2.45, 2.75) is 12.0 Å². The van der Waals surface area contributed by atoms with Crippen LogP contribution in [-0.2, 0) is 10.4 Å². The maximum atomic E-state index is 12.6. The molecule has 1 aliphatic heterocycles. The molecule has 0 aliphatic carbocycles. The van der Waals surface area contributed by atoms with Crippen molar-refractivity contribution in [2.75, 3.05) is 19.1 Å². The summed E-state index contributed by atoms with van der Waals surface area (Å²) < 4.78 is 5.06. The zero-order valence-electron chi connectivity index (χ0n) is 13.5. The molecule has 1 aliphatic rings. The molecule has 130 valence electrons. The molecule has 0 spiro atoms. The van der Waals surface area contributed by atoms with Crippen LogP contribution in [0, 0.1) is 0 Å². The summed E-state index contributed by atoms with van der Waals surface area (Å²) in [5.41, 5.74) is -1.04. The van der Waals surface area contributed by atoms with E-state index in [0.29, 0.717) is 17.0 Å². The van der Waals surface area contributed by atoms with Crippen molar-refractivity contribution in [2.24, 2.45) is 0 Å². The molecule has 0 fully saturated rings. The van der Waals surface area contributed by atoms with Crippen LogP contribution in [0.4, 0.5) is 5.69 Å². The number of aliphatic hydroxyl groups is 1. The van der Waals surface area contributed by atoms with Crippen molar-refractivity contribution in [1.82, 2.24) is 0 Å². The van der Waals surface area contributed by atoms with Gasteiger partial charge in [0.15, 0.2) is 11.4 Å². The fourth-order valence-corrected chi connectivity index (χ4v) is 3.62. The van der Waals surface area contributed by atoms with Crippen LogP contribution in [0.2, 0.25) is 10.0 Å². The van der Waals surface area contributed by atoms with Crippen LogP contribution in [0.5, 0.6) is 5.75 Å². The zero-order chi connectivity index (χ0) is 18.4. The van der Waals surface area contributed by atoms with Gasteiger partial charge in [-0.3, -0.25) is 9.59 Å². The SMILES string of the molecule is COc1ccc(C(=O)C[C@]2(O)C(=O)N(C)c3c(Cl)cc(Cl)cc32)cc1. The Hall–Kier alpha value is -2.08. The zero-order valence-corrected chi connectivity index (χ0v) is 15.1. The number of hydrogen-bond acceptors (Lipinski definition) is 4. The molecule has 2 aromatic rings. The second-order valence-electron chi connectivity index (χ2n) is 5.84. The van der Waals surface area contributed by atoms with Gasteiger partial charge in [-0.1, -0.05) is 23.2 Å². The molecule has 1 N–H and O–H groups in total. The molecule has 0 radical (unpaired) electrons. The summed E-state index contributed by atoms with van der Waals surface area (Å²) in [5, 5.41) is 11.5. The number of hydrogen-bond donors (Lipinski definition) is 1. The maximum absolute atomic E-state index is 12.6. The number of amides is 1. The predicted molar refractivity (Wildman–Crippen MR) is 95.7 cm³/mol. The molecule has 25 heavy (non-hydrogen) atoms. The van der Waals surface area contributed by atoms with Gasteiger partial charge in [0.05, 0.1) is 24.2 Å². The Balaban J connectivity index is 1.99. The molecule has 1 amide bonds. The molecule has 2 aromatic carbocycles. The number of ether oxygens (including phenoxy) is 1. The van der Waals surface area contributed by atoms with Crippen LogP contribution in [-0.4, -0.2) is 31.0 Å². The van der Waals surface area contributed by atoms with E-state index in [1.54, 1.807) is 24.3 Å². The Morgan fingerprint density at radius 3 is 2.48 bits per heavy atom. The fourth-order valence-electron chi connectivity index (χ4n) is 3.00. The predicted octanol–water partition coefficient (Wildman–Crippen LogP) is 3.44. The Bertz CT molecular complexity index is 866. The van der Waals surface area contributed by atoms with Crippen LogP contribution in [0.25, 0.3) is 0 Å². The van der Waals surface area contributed by atoms with Gasteiger partial charge in [0.25, 0.3) is 5.91 Å². The standard InChI is InChI=1S/C18H15Cl2NO4/c1-21-16-13(7-11(19)8-14(16)20)18(24,17(21)23)9-15(22)10-3-5-12(25-2)6-4-10/h3-8,24H,9H2,1-2H3/t18-/m1/s1. The third-order valence-corrected chi connectivity index (χ3v) is 4.80. The van der Waals surface area contributed by atoms with Crippen LogP contribution < -0.4 is 9.64 Å². The lowest BCUT2D eigenvalue weighted by molar-refractivity contribution is -0.135. The highest BCUT2D eigenvalue weighted by Crippen LogP contribution is 2.47. The van der Waals surface area contributed by atoms with Gasteiger partial charge in [-0.25, -0.2) is 0 Å².